The van der Waals surface area contributed by atoms with Crippen molar-refractivity contribution < 1.29 is 13.2 Å². The molecule has 0 aliphatic carbocycles. The molecular formula is C13H20F3N5. The molecule has 0 saturated carbocycles. The molecule has 5 nitrogen and oxygen atoms in total. The zero-order chi connectivity index (χ0) is 15.0. The third kappa shape index (κ3) is 3.21. The molecule has 0 aromatic carbocycles. The van der Waals surface area contributed by atoms with E-state index in [1.165, 1.54) is 11.0 Å². The van der Waals surface area contributed by atoms with Crippen LogP contribution in [0.15, 0.2) is 0 Å². The summed E-state index contributed by atoms with van der Waals surface area (Å²) in [4.78, 5) is 2.17. The summed E-state index contributed by atoms with van der Waals surface area (Å²) in [5.74, 6) is 0.250. The van der Waals surface area contributed by atoms with Gasteiger partial charge in [-0.2, -0.15) is 13.2 Å². The van der Waals surface area contributed by atoms with Crippen molar-refractivity contribution in [3.8, 4) is 0 Å². The zero-order valence-electron chi connectivity index (χ0n) is 12.0. The van der Waals surface area contributed by atoms with Crippen LogP contribution in [0.4, 0.5) is 13.2 Å². The molecule has 0 amide bonds. The van der Waals surface area contributed by atoms with E-state index in [9.17, 15) is 13.2 Å². The SMILES string of the molecule is CC1CCNC(CN2CCn3c(nnc3C(F)(F)F)C2)C1. The molecule has 1 saturated heterocycles. The highest BCUT2D eigenvalue weighted by molar-refractivity contribution is 5.02. The first-order valence-corrected chi connectivity index (χ1v) is 7.38. The summed E-state index contributed by atoms with van der Waals surface area (Å²) < 4.78 is 39.5. The van der Waals surface area contributed by atoms with Crippen molar-refractivity contribution in [3.63, 3.8) is 0 Å². The first kappa shape index (κ1) is 14.8. The van der Waals surface area contributed by atoms with E-state index in [0.717, 1.165) is 19.5 Å². The number of alkyl halides is 3. The smallest absolute Gasteiger partial charge is 0.313 e. The summed E-state index contributed by atoms with van der Waals surface area (Å²) in [6.07, 6.45) is -2.11. The summed E-state index contributed by atoms with van der Waals surface area (Å²) in [5, 5.41) is 10.5. The van der Waals surface area contributed by atoms with Gasteiger partial charge in [0.05, 0.1) is 6.54 Å². The van der Waals surface area contributed by atoms with Crippen molar-refractivity contribution in [2.45, 2.75) is 45.1 Å². The van der Waals surface area contributed by atoms with Gasteiger partial charge in [-0.05, 0) is 25.3 Å². The number of piperidine rings is 1. The number of halogens is 3. The van der Waals surface area contributed by atoms with Crippen LogP contribution >= 0.6 is 0 Å². The average molecular weight is 303 g/mol. The minimum Gasteiger partial charge on any atom is -0.313 e. The molecule has 3 heterocycles. The Labute approximate surface area is 121 Å². The predicted molar refractivity (Wildman–Crippen MR) is 70.5 cm³/mol. The Morgan fingerprint density at radius 3 is 2.81 bits per heavy atom. The molecule has 2 aliphatic heterocycles. The van der Waals surface area contributed by atoms with E-state index in [-0.39, 0.29) is 0 Å². The molecule has 3 rings (SSSR count). The van der Waals surface area contributed by atoms with Gasteiger partial charge in [0.1, 0.15) is 5.82 Å². The predicted octanol–water partition coefficient (Wildman–Crippen LogP) is 1.50. The number of rotatable bonds is 2. The minimum atomic E-state index is -4.42. The zero-order valence-corrected chi connectivity index (χ0v) is 12.0. The van der Waals surface area contributed by atoms with Crippen LogP contribution in [-0.2, 0) is 19.3 Å². The highest BCUT2D eigenvalue weighted by Gasteiger charge is 2.39. The Hall–Kier alpha value is -1.15. The molecule has 0 radical (unpaired) electrons. The van der Waals surface area contributed by atoms with Gasteiger partial charge in [0.2, 0.25) is 5.82 Å². The van der Waals surface area contributed by atoms with Gasteiger partial charge in [-0.15, -0.1) is 10.2 Å². The van der Waals surface area contributed by atoms with Crippen LogP contribution in [0.5, 0.6) is 0 Å². The molecule has 2 atom stereocenters. The number of fused-ring (bicyclic) bond motifs is 1. The lowest BCUT2D eigenvalue weighted by molar-refractivity contribution is -0.148. The molecule has 2 unspecified atom stereocenters. The summed E-state index contributed by atoms with van der Waals surface area (Å²) in [7, 11) is 0. The van der Waals surface area contributed by atoms with E-state index in [2.05, 4.69) is 27.3 Å². The van der Waals surface area contributed by atoms with Crippen LogP contribution in [0, 0.1) is 5.92 Å². The molecule has 118 valence electrons. The van der Waals surface area contributed by atoms with Crippen molar-refractivity contribution >= 4 is 0 Å². The molecule has 1 fully saturated rings. The van der Waals surface area contributed by atoms with Gasteiger partial charge in [0, 0.05) is 25.7 Å². The molecule has 21 heavy (non-hydrogen) atoms. The molecule has 1 aromatic heterocycles. The standard InChI is InChI=1S/C13H20F3N5/c1-9-2-3-17-10(6-9)7-20-4-5-21-11(8-20)18-19-12(21)13(14,15)16/h9-10,17H,2-8H2,1H3. The maximum Gasteiger partial charge on any atom is 0.451 e. The van der Waals surface area contributed by atoms with E-state index in [1.807, 2.05) is 0 Å². The molecule has 0 bridgehead atoms. The Bertz CT molecular complexity index is 498. The van der Waals surface area contributed by atoms with Crippen LogP contribution in [-0.4, -0.2) is 45.3 Å². The monoisotopic (exact) mass is 303 g/mol. The Kier molecular flexibility index (Phi) is 3.92. The van der Waals surface area contributed by atoms with Crippen LogP contribution in [0.25, 0.3) is 0 Å². The van der Waals surface area contributed by atoms with Gasteiger partial charge < -0.3 is 9.88 Å². The van der Waals surface area contributed by atoms with Crippen LogP contribution < -0.4 is 5.32 Å². The van der Waals surface area contributed by atoms with Gasteiger partial charge in [0.15, 0.2) is 0 Å². The number of aromatic nitrogens is 3. The number of nitrogens with one attached hydrogen (secondary N) is 1. The van der Waals surface area contributed by atoms with Crippen molar-refractivity contribution in [3.05, 3.63) is 11.6 Å². The van der Waals surface area contributed by atoms with Crippen LogP contribution in [0.1, 0.15) is 31.4 Å². The van der Waals surface area contributed by atoms with Crippen molar-refractivity contribution in [1.29, 1.82) is 0 Å². The highest BCUT2D eigenvalue weighted by Crippen LogP contribution is 2.29. The highest BCUT2D eigenvalue weighted by atomic mass is 19.4. The normalized spacial score (nSPS) is 27.6. The van der Waals surface area contributed by atoms with E-state index >= 15 is 0 Å². The molecule has 2 aliphatic rings. The maximum atomic E-state index is 12.8. The number of hydrogen-bond donors (Lipinski definition) is 1. The summed E-state index contributed by atoms with van der Waals surface area (Å²) in [6, 6.07) is 0.422. The van der Waals surface area contributed by atoms with Gasteiger partial charge in [0.25, 0.3) is 0 Å². The van der Waals surface area contributed by atoms with E-state index in [4.69, 9.17) is 0 Å². The van der Waals surface area contributed by atoms with E-state index < -0.39 is 12.0 Å². The Morgan fingerprint density at radius 2 is 2.10 bits per heavy atom. The molecule has 8 heteroatoms. The summed E-state index contributed by atoms with van der Waals surface area (Å²) in [6.45, 7) is 5.48. The fourth-order valence-electron chi connectivity index (χ4n) is 3.24. The third-order valence-electron chi connectivity index (χ3n) is 4.32. The number of hydrogen-bond acceptors (Lipinski definition) is 4. The second kappa shape index (κ2) is 5.57. The topological polar surface area (TPSA) is 46.0 Å². The van der Waals surface area contributed by atoms with Gasteiger partial charge in [-0.25, -0.2) is 0 Å². The first-order valence-electron chi connectivity index (χ1n) is 7.38. The second-order valence-corrected chi connectivity index (χ2v) is 6.10. The number of nitrogens with zero attached hydrogens (tertiary/aromatic N) is 4. The second-order valence-electron chi connectivity index (χ2n) is 6.10. The third-order valence-corrected chi connectivity index (χ3v) is 4.32. The van der Waals surface area contributed by atoms with E-state index in [1.54, 1.807) is 0 Å². The Morgan fingerprint density at radius 1 is 1.29 bits per heavy atom. The largest absolute Gasteiger partial charge is 0.451 e. The van der Waals surface area contributed by atoms with Crippen LogP contribution in [0.3, 0.4) is 0 Å². The van der Waals surface area contributed by atoms with Crippen molar-refractivity contribution in [1.82, 2.24) is 25.0 Å². The fourth-order valence-corrected chi connectivity index (χ4v) is 3.24. The fraction of sp³-hybridized carbons (Fsp3) is 0.846. The van der Waals surface area contributed by atoms with Crippen LogP contribution in [0.2, 0.25) is 0 Å². The molecular weight excluding hydrogens is 283 g/mol. The lowest BCUT2D eigenvalue weighted by Crippen LogP contribution is -2.47. The lowest BCUT2D eigenvalue weighted by Gasteiger charge is -2.34. The maximum absolute atomic E-state index is 12.8. The van der Waals surface area contributed by atoms with Crippen molar-refractivity contribution in [2.24, 2.45) is 5.92 Å². The van der Waals surface area contributed by atoms with Crippen molar-refractivity contribution in [2.75, 3.05) is 19.6 Å². The molecule has 0 spiro atoms. The van der Waals surface area contributed by atoms with Gasteiger partial charge in [-0.3, -0.25) is 4.90 Å². The van der Waals surface area contributed by atoms with Gasteiger partial charge in [-0.1, -0.05) is 6.92 Å². The lowest BCUT2D eigenvalue weighted by atomic mass is 9.94. The molecule has 1 N–H and O–H groups in total. The van der Waals surface area contributed by atoms with Gasteiger partial charge >= 0.3 is 6.18 Å². The average Bonchev–Trinajstić information content (AvgIpc) is 2.81. The summed E-state index contributed by atoms with van der Waals surface area (Å²) in [5.41, 5.74) is 0. The first-order chi connectivity index (χ1) is 9.93. The van der Waals surface area contributed by atoms with E-state index in [0.29, 0.717) is 37.4 Å². The molecule has 1 aromatic rings. The summed E-state index contributed by atoms with van der Waals surface area (Å²) >= 11 is 0. The minimum absolute atomic E-state index is 0.305. The Balaban J connectivity index is 1.64. The quantitative estimate of drug-likeness (QED) is 0.899.